The molecule has 706 valence electrons. The number of carbonyl (C=O) groups excluding carboxylic acids is 3. The van der Waals surface area contributed by atoms with Crippen LogP contribution in [0.4, 0.5) is 40.8 Å². The lowest BCUT2D eigenvalue weighted by Crippen LogP contribution is -2.38. The molecule has 0 radical (unpaired) electrons. The highest BCUT2D eigenvalue weighted by Crippen LogP contribution is 2.27. The molecule has 0 fully saturated rings. The molecule has 0 spiro atoms. The van der Waals surface area contributed by atoms with Crippen LogP contribution in [-0.4, -0.2) is 107 Å². The first kappa shape index (κ1) is 103. The molecule has 33 nitrogen and oxygen atoms in total. The molecule has 0 aliphatic heterocycles. The summed E-state index contributed by atoms with van der Waals surface area (Å²) in [6.45, 7) is 16.1. The van der Waals surface area contributed by atoms with Crippen molar-refractivity contribution in [2.45, 2.75) is 133 Å². The van der Waals surface area contributed by atoms with Crippen molar-refractivity contribution in [2.75, 3.05) is 49.3 Å². The molecule has 38 heteroatoms. The number of carbonyl (C=O) groups is 3. The Morgan fingerprint density at radius 1 is 0.456 bits per heavy atom. The third-order valence-corrected chi connectivity index (χ3v) is 20.4. The SMILES string of the molecule is COc1ccc(CNc2cc(CO)cc(F)n2)cc1.COc1ccc(CNc2cc(COS(C)(=O)=O)cc(F)n2)cc1.COc1ccc(CNc2cc(Cn3c(C(=O)c4cc(C)cc(C#N)c4)c(C(C)C)c(=O)[nH]c3=O)cc(F)n2)cc1.Cc1cc(C#N)cc(C(=O)c2[nH]c(=O)[nH]c(=O)c2C(C)C)c1.Cc1cc(C#N)cc(C(=O)c2c(C(C)C)c(=O)[nH]c(=O)n2Cc2cc(N)nc(F)c2)c1.[2H]C. The van der Waals surface area contributed by atoms with E-state index in [-0.39, 0.29) is 105 Å². The van der Waals surface area contributed by atoms with E-state index in [1.165, 1.54) is 49.9 Å². The zero-order valence-electron chi connectivity index (χ0n) is 77.5. The molecule has 0 aliphatic rings. The van der Waals surface area contributed by atoms with E-state index in [4.69, 9.17) is 31.7 Å². The van der Waals surface area contributed by atoms with Gasteiger partial charge in [0, 0.05) is 54.4 Å². The van der Waals surface area contributed by atoms with Gasteiger partial charge in [0.05, 0.1) is 94.5 Å². The lowest BCUT2D eigenvalue weighted by molar-refractivity contribution is 0.101. The third-order valence-electron chi connectivity index (χ3n) is 19.9. The maximum Gasteiger partial charge on any atom is 0.329 e. The molecule has 10 N–H and O–H groups in total. The number of ketones is 3. The molecule has 7 aromatic heterocycles. The number of aromatic amines is 4. The summed E-state index contributed by atoms with van der Waals surface area (Å²) in [4.78, 5) is 138. The van der Waals surface area contributed by atoms with E-state index >= 15 is 0 Å². The van der Waals surface area contributed by atoms with Crippen LogP contribution in [-0.2, 0) is 60.2 Å². The Bertz CT molecular complexity index is 7190. The molecule has 13 rings (SSSR count). The zero-order chi connectivity index (χ0) is 101. The monoisotopic (exact) mass is 1880 g/mol. The number of halogens is 4. The molecule has 0 amide bonds. The highest BCUT2D eigenvalue weighted by molar-refractivity contribution is 7.85. The van der Waals surface area contributed by atoms with Gasteiger partial charge in [0.15, 0.2) is 0 Å². The fourth-order valence-electron chi connectivity index (χ4n) is 13.8. The minimum atomic E-state index is -3.59. The highest BCUT2D eigenvalue weighted by Gasteiger charge is 2.29. The lowest BCUT2D eigenvalue weighted by atomic mass is 9.95. The molecule has 7 heterocycles. The molecule has 0 unspecified atom stereocenters. The number of hydrogen-bond acceptors (Lipinski definition) is 27. The molecule has 136 heavy (non-hydrogen) atoms. The highest BCUT2D eigenvalue weighted by atomic mass is 32.2. The van der Waals surface area contributed by atoms with Gasteiger partial charge < -0.3 is 46.0 Å². The van der Waals surface area contributed by atoms with Crippen molar-refractivity contribution < 1.29 is 65.2 Å². The number of hydrogen-bond donors (Lipinski definition) is 9. The topological polar surface area (TPSA) is 503 Å². The number of methoxy groups -OCH3 is 3. The van der Waals surface area contributed by atoms with Gasteiger partial charge in [0.1, 0.15) is 51.9 Å². The number of nitrogens with zero attached hydrogens (tertiary/aromatic N) is 9. The quantitative estimate of drug-likeness (QED) is 0.00910. The van der Waals surface area contributed by atoms with Crippen molar-refractivity contribution in [2.24, 2.45) is 0 Å². The van der Waals surface area contributed by atoms with E-state index in [9.17, 15) is 79.7 Å². The van der Waals surface area contributed by atoms with Crippen LogP contribution in [0.2, 0.25) is 0 Å². The van der Waals surface area contributed by atoms with Crippen LogP contribution < -0.4 is 69.6 Å². The first-order chi connectivity index (χ1) is 65.1. The van der Waals surface area contributed by atoms with Crippen LogP contribution in [0, 0.1) is 78.6 Å². The summed E-state index contributed by atoms with van der Waals surface area (Å²) in [5.41, 5.74) is 9.55. The Balaban J connectivity index is 0.000000215. The first-order valence-corrected chi connectivity index (χ1v) is 43.2. The Morgan fingerprint density at radius 3 is 1.12 bits per heavy atom. The number of nitriles is 3. The third kappa shape index (κ3) is 29.6. The molecular weight excluding hydrogens is 1780 g/mol. The average Bonchev–Trinajstić information content (AvgIpc) is 0.771. The van der Waals surface area contributed by atoms with E-state index < -0.39 is 96.8 Å². The van der Waals surface area contributed by atoms with Gasteiger partial charge >= 0.3 is 17.1 Å². The molecule has 6 aromatic carbocycles. The summed E-state index contributed by atoms with van der Waals surface area (Å²) in [6.07, 6.45) is 0.938. The predicted molar refractivity (Wildman–Crippen MR) is 503 cm³/mol. The maximum atomic E-state index is 14.6. The number of benzene rings is 6. The Morgan fingerprint density at radius 2 is 0.779 bits per heavy atom. The summed E-state index contributed by atoms with van der Waals surface area (Å²) in [6, 6.07) is 52.9. The summed E-state index contributed by atoms with van der Waals surface area (Å²) < 4.78 is 105. The van der Waals surface area contributed by atoms with E-state index in [1.54, 1.807) is 132 Å². The van der Waals surface area contributed by atoms with Crippen LogP contribution >= 0.6 is 0 Å². The largest absolute Gasteiger partial charge is 0.497 e. The number of pyridine rings is 4. The normalized spacial score (nSPS) is 10.7. The smallest absolute Gasteiger partial charge is 0.329 e. The number of aryl methyl sites for hydroxylation is 3. The van der Waals surface area contributed by atoms with E-state index in [2.05, 4.69) is 60.0 Å². The number of H-pyrrole nitrogens is 4. The number of aromatic nitrogens is 10. The van der Waals surface area contributed by atoms with Crippen molar-refractivity contribution in [3.8, 4) is 35.5 Å². The fraction of sp³-hybridized carbons (Fsp3) is 0.245. The molecule has 0 atom stereocenters. The average molecular weight is 1880 g/mol. The van der Waals surface area contributed by atoms with Crippen LogP contribution in [0.1, 0.15) is 205 Å². The van der Waals surface area contributed by atoms with Crippen LogP contribution in [0.3, 0.4) is 0 Å². The van der Waals surface area contributed by atoms with Crippen LogP contribution in [0.5, 0.6) is 17.2 Å². The van der Waals surface area contributed by atoms with Gasteiger partial charge in [-0.25, -0.2) is 34.3 Å². The van der Waals surface area contributed by atoms with Crippen molar-refractivity contribution >= 4 is 50.7 Å². The number of nitrogens with two attached hydrogens (primary N) is 1. The van der Waals surface area contributed by atoms with Gasteiger partial charge in [-0.2, -0.15) is 41.8 Å². The predicted octanol–water partition coefficient (Wildman–Crippen LogP) is 13.4. The molecule has 13 aromatic rings. The number of aliphatic hydroxyl groups excluding tert-OH is 1. The first-order valence-electron chi connectivity index (χ1n) is 42.4. The molecular formula is C98H99F4N17O16S. The summed E-state index contributed by atoms with van der Waals surface area (Å²) in [5, 5.41) is 45.7. The zero-order valence-corrected chi connectivity index (χ0v) is 77.3. The Labute approximate surface area is 779 Å². The van der Waals surface area contributed by atoms with Crippen molar-refractivity contribution in [3.05, 3.63) is 385 Å². The summed E-state index contributed by atoms with van der Waals surface area (Å²) in [5.74, 6) is -2.52. The van der Waals surface area contributed by atoms with E-state index in [1.807, 2.05) is 91.0 Å². The van der Waals surface area contributed by atoms with Gasteiger partial charge in [-0.3, -0.25) is 57.0 Å². The summed E-state index contributed by atoms with van der Waals surface area (Å²) >= 11 is 0. The minimum Gasteiger partial charge on any atom is -0.497 e. The van der Waals surface area contributed by atoms with Gasteiger partial charge in [-0.05, 0) is 234 Å². The number of rotatable bonds is 29. The van der Waals surface area contributed by atoms with Crippen molar-refractivity contribution in [1.82, 2.24) is 49.0 Å². The molecule has 0 saturated carbocycles. The summed E-state index contributed by atoms with van der Waals surface area (Å²) in [7, 11) is 2.44. The standard InChI is InChI=1S/C30H28FN5O4.C22H20FN5O3.C16H15N3O3.C15H17FN2O4S.C14H15FN2O2.CH4/c1-17(2)26-27(28(37)22-10-18(3)9-20(11-22)14-32)36(30(39)35-29(26)38)16-21-12-24(31)34-25(13-21)33-15-19-5-7-23(40-4)8-6-19;1-11(2)18-19(20(29)15-5-12(3)4-13(6-15)9-24)28(22(31)27-21(18)30)10-14-7-16(23)26-17(25)8-14;1-8(2)12-13(18-16(22)19-15(12)21)14(20)11-5-9(3)4-10(6-11)7-17;1-21-13-5-3-11(4-6-13)9-17-15-8-12(7-14(16)18-15)10-22-23(2,19)20;1-19-12-4-2-10(3-5-12)8-16-14-7-11(9-18)6-13(15)17-14;/h5-13,17H,15-16H2,1-4H3,(H,33,34)(H,35,38,39);4-8,11H,10H2,1-3H3,(H2,25,26)(H,27,30,31);4-6,8H,1-3H3,(H2,18,19,21,22);3-8H,9-10H2,1-2H3,(H,17,18);2-7,18H,8-9H2,1H3,(H,16,17);1H4/i;;;;;1D. The van der Waals surface area contributed by atoms with Crippen molar-refractivity contribution in [1.29, 1.82) is 15.8 Å². The second kappa shape index (κ2) is 48.2. The number of aliphatic hydroxyl groups is 1. The second-order valence-electron chi connectivity index (χ2n) is 31.5. The fourth-order valence-corrected chi connectivity index (χ4v) is 14.2. The van der Waals surface area contributed by atoms with E-state index in [0.29, 0.717) is 76.0 Å². The lowest BCUT2D eigenvalue weighted by Gasteiger charge is -2.18. The second-order valence-corrected chi connectivity index (χ2v) is 33.1. The van der Waals surface area contributed by atoms with Gasteiger partial charge in [-0.1, -0.05) is 85.3 Å². The molecule has 0 bridgehead atoms. The number of ether oxygens (including phenoxy) is 3. The Kier molecular flexibility index (Phi) is 36.6. The van der Waals surface area contributed by atoms with Crippen LogP contribution in [0.15, 0.2) is 205 Å². The van der Waals surface area contributed by atoms with Gasteiger partial charge in [-0.15, -0.1) is 0 Å². The van der Waals surface area contributed by atoms with Crippen LogP contribution in [0.25, 0.3) is 0 Å². The Hall–Kier alpha value is -16.4. The van der Waals surface area contributed by atoms with E-state index in [0.717, 1.165) is 61.3 Å². The molecule has 0 saturated heterocycles. The minimum absolute atomic E-state index is 0.0294. The number of nitrogens with one attached hydrogen (secondary N) is 7. The van der Waals surface area contributed by atoms with Gasteiger partial charge in [0.25, 0.3) is 26.8 Å². The maximum absolute atomic E-state index is 14.6. The van der Waals surface area contributed by atoms with Gasteiger partial charge in [0.2, 0.25) is 41.1 Å². The number of nitrogen functional groups attached to an aromatic ring is 1. The molecule has 0 aliphatic carbocycles. The van der Waals surface area contributed by atoms with Crippen molar-refractivity contribution in [3.63, 3.8) is 0 Å². The number of anilines is 4.